The SMILES string of the molecule is CC(C)(C)OC(=O)N(CCc1ccc(-c2ccc(CC(=O)O)cc2)cc1)C[C@H](O)c1cccc(Cl)c1. The summed E-state index contributed by atoms with van der Waals surface area (Å²) in [7, 11) is 0. The van der Waals surface area contributed by atoms with Gasteiger partial charge in [0, 0.05) is 11.6 Å². The number of hydrogen-bond acceptors (Lipinski definition) is 4. The first kappa shape index (κ1) is 27.2. The Kier molecular flexibility index (Phi) is 9.13. The number of halogens is 1. The summed E-state index contributed by atoms with van der Waals surface area (Å²) in [6.45, 7) is 5.88. The van der Waals surface area contributed by atoms with Crippen molar-refractivity contribution in [2.45, 2.75) is 45.3 Å². The summed E-state index contributed by atoms with van der Waals surface area (Å²) in [6.07, 6.45) is -0.803. The first-order valence-corrected chi connectivity index (χ1v) is 12.2. The average molecular weight is 510 g/mol. The molecule has 190 valence electrons. The zero-order valence-electron chi connectivity index (χ0n) is 20.8. The highest BCUT2D eigenvalue weighted by Gasteiger charge is 2.24. The Hall–Kier alpha value is -3.35. The van der Waals surface area contributed by atoms with Crippen LogP contribution in [0.2, 0.25) is 5.02 Å². The van der Waals surface area contributed by atoms with Gasteiger partial charge in [-0.2, -0.15) is 0 Å². The maximum atomic E-state index is 12.9. The van der Waals surface area contributed by atoms with Gasteiger partial charge in [-0.15, -0.1) is 0 Å². The van der Waals surface area contributed by atoms with Gasteiger partial charge in [0.15, 0.2) is 0 Å². The number of carbonyl (C=O) groups excluding carboxylic acids is 1. The molecule has 3 rings (SSSR count). The molecule has 0 saturated heterocycles. The summed E-state index contributed by atoms with van der Waals surface area (Å²) in [5.74, 6) is -0.854. The number of hydrogen-bond donors (Lipinski definition) is 2. The van der Waals surface area contributed by atoms with Gasteiger partial charge in [0.25, 0.3) is 0 Å². The molecule has 0 aliphatic heterocycles. The van der Waals surface area contributed by atoms with Crippen LogP contribution in [-0.2, 0) is 22.4 Å². The first-order valence-electron chi connectivity index (χ1n) is 11.8. The third-order valence-corrected chi connectivity index (χ3v) is 5.78. The largest absolute Gasteiger partial charge is 0.481 e. The van der Waals surface area contributed by atoms with E-state index in [-0.39, 0.29) is 13.0 Å². The lowest BCUT2D eigenvalue weighted by molar-refractivity contribution is -0.136. The monoisotopic (exact) mass is 509 g/mol. The molecular weight excluding hydrogens is 478 g/mol. The van der Waals surface area contributed by atoms with Gasteiger partial charge in [0.1, 0.15) is 5.60 Å². The number of ether oxygens (including phenoxy) is 1. The Labute approximate surface area is 217 Å². The van der Waals surface area contributed by atoms with Crippen LogP contribution in [0.15, 0.2) is 72.8 Å². The van der Waals surface area contributed by atoms with Gasteiger partial charge in [-0.1, -0.05) is 72.3 Å². The summed E-state index contributed by atoms with van der Waals surface area (Å²) in [6, 6.07) is 22.4. The number of aliphatic carboxylic acids is 1. The summed E-state index contributed by atoms with van der Waals surface area (Å²) < 4.78 is 5.57. The molecule has 0 fully saturated rings. The summed E-state index contributed by atoms with van der Waals surface area (Å²) >= 11 is 6.06. The quantitative estimate of drug-likeness (QED) is 0.361. The normalized spacial score (nSPS) is 12.1. The minimum Gasteiger partial charge on any atom is -0.481 e. The lowest BCUT2D eigenvalue weighted by Gasteiger charge is -2.29. The zero-order valence-corrected chi connectivity index (χ0v) is 21.5. The van der Waals surface area contributed by atoms with Crippen LogP contribution in [0.4, 0.5) is 4.79 Å². The second kappa shape index (κ2) is 12.1. The van der Waals surface area contributed by atoms with E-state index in [4.69, 9.17) is 21.4 Å². The van der Waals surface area contributed by atoms with Crippen LogP contribution in [0.1, 0.15) is 43.6 Å². The number of amides is 1. The van der Waals surface area contributed by atoms with E-state index in [0.29, 0.717) is 23.6 Å². The van der Waals surface area contributed by atoms with Crippen LogP contribution >= 0.6 is 11.6 Å². The van der Waals surface area contributed by atoms with E-state index < -0.39 is 23.8 Å². The predicted molar refractivity (Wildman–Crippen MR) is 141 cm³/mol. The second-order valence-corrected chi connectivity index (χ2v) is 10.1. The van der Waals surface area contributed by atoms with Crippen molar-refractivity contribution in [3.8, 4) is 11.1 Å². The third kappa shape index (κ3) is 8.40. The zero-order chi connectivity index (χ0) is 26.3. The molecule has 0 aromatic heterocycles. The highest BCUT2D eigenvalue weighted by molar-refractivity contribution is 6.30. The van der Waals surface area contributed by atoms with E-state index in [0.717, 1.165) is 22.3 Å². The molecule has 1 atom stereocenters. The topological polar surface area (TPSA) is 87.1 Å². The second-order valence-electron chi connectivity index (χ2n) is 9.71. The molecule has 36 heavy (non-hydrogen) atoms. The molecular formula is C29H32ClNO5. The van der Waals surface area contributed by atoms with Crippen molar-refractivity contribution in [3.05, 3.63) is 94.5 Å². The number of aliphatic hydroxyl groups excluding tert-OH is 1. The Balaban J connectivity index is 1.68. The molecule has 6 nitrogen and oxygen atoms in total. The van der Waals surface area contributed by atoms with Gasteiger partial charge < -0.3 is 19.8 Å². The van der Waals surface area contributed by atoms with Crippen molar-refractivity contribution in [2.24, 2.45) is 0 Å². The number of carboxylic acid groups (broad SMARTS) is 1. The van der Waals surface area contributed by atoms with E-state index in [9.17, 15) is 14.7 Å². The number of carboxylic acids is 1. The highest BCUT2D eigenvalue weighted by Crippen LogP contribution is 2.23. The Morgan fingerprint density at radius 3 is 2.06 bits per heavy atom. The van der Waals surface area contributed by atoms with Crippen molar-refractivity contribution >= 4 is 23.7 Å². The Morgan fingerprint density at radius 1 is 0.944 bits per heavy atom. The molecule has 0 radical (unpaired) electrons. The molecule has 7 heteroatoms. The van der Waals surface area contributed by atoms with Gasteiger partial charge in [-0.05, 0) is 67.1 Å². The standard InChI is InChI=1S/C29H32ClNO5/c1-29(2,3)36-28(35)31(19-26(32)24-5-4-6-25(30)18-24)16-15-20-7-11-22(12-8-20)23-13-9-21(10-14-23)17-27(33)34/h4-14,18,26,32H,15-17,19H2,1-3H3,(H,33,34)/t26-/m0/s1. The highest BCUT2D eigenvalue weighted by atomic mass is 35.5. The summed E-state index contributed by atoms with van der Waals surface area (Å²) in [4.78, 5) is 25.3. The summed E-state index contributed by atoms with van der Waals surface area (Å²) in [5, 5.41) is 20.2. The minimum atomic E-state index is -0.900. The van der Waals surface area contributed by atoms with Gasteiger partial charge in [-0.25, -0.2) is 4.79 Å². The smallest absolute Gasteiger partial charge is 0.410 e. The summed E-state index contributed by atoms with van der Waals surface area (Å²) in [5.41, 5.74) is 3.78. The maximum absolute atomic E-state index is 12.9. The molecule has 1 amide bonds. The van der Waals surface area contributed by atoms with Crippen LogP contribution in [0.5, 0.6) is 0 Å². The number of rotatable bonds is 9. The predicted octanol–water partition coefficient (Wildman–Crippen LogP) is 6.15. The number of carbonyl (C=O) groups is 2. The third-order valence-electron chi connectivity index (χ3n) is 5.55. The van der Waals surface area contributed by atoms with Gasteiger partial charge in [-0.3, -0.25) is 4.79 Å². The van der Waals surface area contributed by atoms with Crippen LogP contribution in [0.3, 0.4) is 0 Å². The average Bonchev–Trinajstić information content (AvgIpc) is 2.81. The van der Waals surface area contributed by atoms with E-state index in [1.807, 2.05) is 69.3 Å². The van der Waals surface area contributed by atoms with Gasteiger partial charge >= 0.3 is 12.1 Å². The molecule has 0 heterocycles. The van der Waals surface area contributed by atoms with Crippen molar-refractivity contribution in [1.82, 2.24) is 4.90 Å². The van der Waals surface area contributed by atoms with E-state index >= 15 is 0 Å². The minimum absolute atomic E-state index is 0.000620. The molecule has 0 unspecified atom stereocenters. The van der Waals surface area contributed by atoms with Crippen LogP contribution in [0, 0.1) is 0 Å². The van der Waals surface area contributed by atoms with E-state index in [1.54, 1.807) is 24.3 Å². The molecule has 0 spiro atoms. The van der Waals surface area contributed by atoms with Crippen molar-refractivity contribution in [1.29, 1.82) is 0 Å². The van der Waals surface area contributed by atoms with E-state index in [1.165, 1.54) is 4.90 Å². The number of benzene rings is 3. The van der Waals surface area contributed by atoms with E-state index in [2.05, 4.69) is 0 Å². The molecule has 0 bridgehead atoms. The molecule has 0 aliphatic carbocycles. The lowest BCUT2D eigenvalue weighted by atomic mass is 10.0. The molecule has 3 aromatic rings. The van der Waals surface area contributed by atoms with Gasteiger partial charge in [0.2, 0.25) is 0 Å². The van der Waals surface area contributed by atoms with Crippen LogP contribution in [-0.4, -0.2) is 45.9 Å². The van der Waals surface area contributed by atoms with Crippen molar-refractivity contribution in [3.63, 3.8) is 0 Å². The Morgan fingerprint density at radius 2 is 1.53 bits per heavy atom. The van der Waals surface area contributed by atoms with Crippen molar-refractivity contribution in [2.75, 3.05) is 13.1 Å². The first-order chi connectivity index (χ1) is 17.0. The van der Waals surface area contributed by atoms with Crippen molar-refractivity contribution < 1.29 is 24.5 Å². The fraction of sp³-hybridized carbons (Fsp3) is 0.310. The fourth-order valence-corrected chi connectivity index (χ4v) is 3.93. The van der Waals surface area contributed by atoms with Gasteiger partial charge in [0.05, 0.1) is 19.1 Å². The lowest BCUT2D eigenvalue weighted by Crippen LogP contribution is -2.40. The number of aliphatic hydroxyl groups is 1. The molecule has 0 saturated carbocycles. The maximum Gasteiger partial charge on any atom is 0.410 e. The molecule has 3 aromatic carbocycles. The number of nitrogens with zero attached hydrogens (tertiary/aromatic N) is 1. The molecule has 0 aliphatic rings. The fourth-order valence-electron chi connectivity index (χ4n) is 3.73. The Bertz CT molecular complexity index is 1170. The van der Waals surface area contributed by atoms with Crippen LogP contribution < -0.4 is 0 Å². The molecule has 2 N–H and O–H groups in total. The van der Waals surface area contributed by atoms with Crippen LogP contribution in [0.25, 0.3) is 11.1 Å².